The van der Waals surface area contributed by atoms with Crippen LogP contribution in [0.25, 0.3) is 10.9 Å². The Hall–Kier alpha value is -3.92. The number of ether oxygens (including phenoxy) is 2. The first-order valence-corrected chi connectivity index (χ1v) is 13.3. The van der Waals surface area contributed by atoms with Crippen molar-refractivity contribution >= 4 is 16.6 Å². The molecule has 10 nitrogen and oxygen atoms in total. The fourth-order valence-corrected chi connectivity index (χ4v) is 5.93. The van der Waals surface area contributed by atoms with Crippen molar-refractivity contribution in [1.82, 2.24) is 30.1 Å². The van der Waals surface area contributed by atoms with Gasteiger partial charge in [0.1, 0.15) is 17.5 Å². The van der Waals surface area contributed by atoms with Crippen molar-refractivity contribution in [3.63, 3.8) is 0 Å². The van der Waals surface area contributed by atoms with E-state index in [0.717, 1.165) is 67.2 Å². The maximum absolute atomic E-state index is 13.6. The van der Waals surface area contributed by atoms with E-state index in [9.17, 15) is 4.79 Å². The number of hydrogen-bond acceptors (Lipinski definition) is 8. The number of hydrogen-bond donors (Lipinski definition) is 1. The van der Waals surface area contributed by atoms with Gasteiger partial charge in [0.25, 0.3) is 5.56 Å². The maximum atomic E-state index is 13.6. The lowest BCUT2D eigenvalue weighted by Gasteiger charge is -2.40. The van der Waals surface area contributed by atoms with Crippen LogP contribution in [0.15, 0.2) is 53.3 Å². The molecule has 38 heavy (non-hydrogen) atoms. The number of para-hydroxylation sites is 2. The molecule has 0 spiro atoms. The topological polar surface area (TPSA) is 101 Å². The van der Waals surface area contributed by atoms with Gasteiger partial charge >= 0.3 is 0 Å². The molecule has 0 amide bonds. The first-order valence-electron chi connectivity index (χ1n) is 13.3. The van der Waals surface area contributed by atoms with Gasteiger partial charge in [0, 0.05) is 37.8 Å². The Bertz CT molecular complexity index is 1470. The van der Waals surface area contributed by atoms with Crippen LogP contribution in [0.5, 0.6) is 11.5 Å². The molecular formula is C28H33N7O3. The molecule has 198 valence electrons. The summed E-state index contributed by atoms with van der Waals surface area (Å²) >= 11 is 0. The number of nitrogens with one attached hydrogen (secondary N) is 1. The molecule has 2 aromatic heterocycles. The summed E-state index contributed by atoms with van der Waals surface area (Å²) in [5.41, 5.74) is 2.35. The summed E-state index contributed by atoms with van der Waals surface area (Å²) in [4.78, 5) is 21.3. The number of tetrazole rings is 1. The lowest BCUT2D eigenvalue weighted by molar-refractivity contribution is 0.196. The molecule has 1 aliphatic heterocycles. The summed E-state index contributed by atoms with van der Waals surface area (Å²) in [6.07, 6.45) is 4.45. The Labute approximate surface area is 221 Å². The van der Waals surface area contributed by atoms with Gasteiger partial charge in [-0.25, -0.2) is 4.68 Å². The number of aromatic nitrogens is 5. The van der Waals surface area contributed by atoms with Crippen LogP contribution < -0.4 is 19.9 Å². The van der Waals surface area contributed by atoms with E-state index in [1.165, 1.54) is 12.8 Å². The SMILES string of the molecule is COc1ccc2cc([C@@H](c3nnnn3C3CCCC3)N3CCN(c4ccccc4OC)CC3)c(=O)[nH]c2c1. The average Bonchev–Trinajstić information content (AvgIpc) is 3.66. The van der Waals surface area contributed by atoms with Crippen molar-refractivity contribution in [1.29, 1.82) is 0 Å². The summed E-state index contributed by atoms with van der Waals surface area (Å²) in [6.45, 7) is 3.09. The molecule has 0 bridgehead atoms. The summed E-state index contributed by atoms with van der Waals surface area (Å²) < 4.78 is 12.9. The van der Waals surface area contributed by atoms with Gasteiger partial charge in [-0.2, -0.15) is 0 Å². The van der Waals surface area contributed by atoms with E-state index in [0.29, 0.717) is 11.3 Å². The zero-order valence-electron chi connectivity index (χ0n) is 21.8. The van der Waals surface area contributed by atoms with Crippen LogP contribution in [0, 0.1) is 0 Å². The second-order valence-corrected chi connectivity index (χ2v) is 10.0. The number of nitrogens with zero attached hydrogens (tertiary/aromatic N) is 6. The van der Waals surface area contributed by atoms with E-state index >= 15 is 0 Å². The second kappa shape index (κ2) is 10.4. The van der Waals surface area contributed by atoms with Crippen molar-refractivity contribution in [3.05, 3.63) is 70.3 Å². The lowest BCUT2D eigenvalue weighted by atomic mass is 10.0. The molecule has 0 unspecified atom stereocenters. The van der Waals surface area contributed by atoms with Crippen LogP contribution in [0.1, 0.15) is 49.2 Å². The maximum Gasteiger partial charge on any atom is 0.253 e. The van der Waals surface area contributed by atoms with E-state index in [4.69, 9.17) is 9.47 Å². The van der Waals surface area contributed by atoms with Gasteiger partial charge in [0.2, 0.25) is 0 Å². The van der Waals surface area contributed by atoms with Crippen LogP contribution in [-0.2, 0) is 0 Å². The van der Waals surface area contributed by atoms with E-state index in [2.05, 4.69) is 36.4 Å². The number of aromatic amines is 1. The van der Waals surface area contributed by atoms with Crippen LogP contribution in [0.4, 0.5) is 5.69 Å². The first kappa shape index (κ1) is 24.4. The predicted molar refractivity (Wildman–Crippen MR) is 145 cm³/mol. The van der Waals surface area contributed by atoms with Gasteiger partial charge < -0.3 is 19.4 Å². The molecule has 2 aromatic carbocycles. The van der Waals surface area contributed by atoms with Crippen LogP contribution in [-0.4, -0.2) is 70.5 Å². The Kier molecular flexibility index (Phi) is 6.71. The van der Waals surface area contributed by atoms with Gasteiger partial charge in [0.15, 0.2) is 5.82 Å². The molecule has 10 heteroatoms. The number of benzene rings is 2. The monoisotopic (exact) mass is 515 g/mol. The number of H-pyrrole nitrogens is 1. The minimum absolute atomic E-state index is 0.135. The summed E-state index contributed by atoms with van der Waals surface area (Å²) in [5, 5.41) is 14.0. The van der Waals surface area contributed by atoms with E-state index in [-0.39, 0.29) is 17.6 Å². The molecule has 6 rings (SSSR count). The van der Waals surface area contributed by atoms with E-state index in [1.807, 2.05) is 47.1 Å². The van der Waals surface area contributed by atoms with Crippen molar-refractivity contribution in [2.24, 2.45) is 0 Å². The van der Waals surface area contributed by atoms with E-state index in [1.54, 1.807) is 14.2 Å². The van der Waals surface area contributed by atoms with Crippen molar-refractivity contribution < 1.29 is 9.47 Å². The minimum atomic E-state index is -0.360. The minimum Gasteiger partial charge on any atom is -0.497 e. The quantitative estimate of drug-likeness (QED) is 0.399. The number of pyridine rings is 1. The molecule has 2 fully saturated rings. The molecule has 0 radical (unpaired) electrons. The van der Waals surface area contributed by atoms with Crippen molar-refractivity contribution in [2.45, 2.75) is 37.8 Å². The zero-order chi connectivity index (χ0) is 26.1. The number of fused-ring (bicyclic) bond motifs is 1. The largest absolute Gasteiger partial charge is 0.497 e. The molecule has 3 heterocycles. The van der Waals surface area contributed by atoms with Gasteiger partial charge in [-0.3, -0.25) is 9.69 Å². The highest BCUT2D eigenvalue weighted by molar-refractivity contribution is 5.80. The second-order valence-electron chi connectivity index (χ2n) is 10.0. The average molecular weight is 516 g/mol. The molecule has 4 aromatic rings. The summed E-state index contributed by atoms with van der Waals surface area (Å²) in [7, 11) is 3.33. The predicted octanol–water partition coefficient (Wildman–Crippen LogP) is 3.56. The van der Waals surface area contributed by atoms with Crippen LogP contribution in [0.2, 0.25) is 0 Å². The number of anilines is 1. The summed E-state index contributed by atoms with van der Waals surface area (Å²) in [6, 6.07) is 15.7. The van der Waals surface area contributed by atoms with Crippen LogP contribution >= 0.6 is 0 Å². The Morgan fingerprint density at radius 1 is 0.974 bits per heavy atom. The van der Waals surface area contributed by atoms with Crippen molar-refractivity contribution in [2.75, 3.05) is 45.3 Å². The molecule has 1 N–H and O–H groups in total. The third-order valence-electron chi connectivity index (χ3n) is 7.92. The molecular weight excluding hydrogens is 482 g/mol. The third kappa shape index (κ3) is 4.49. The Morgan fingerprint density at radius 3 is 2.53 bits per heavy atom. The normalized spacial score (nSPS) is 17.7. The Balaban J connectivity index is 1.38. The number of piperazine rings is 1. The van der Waals surface area contributed by atoms with E-state index < -0.39 is 0 Å². The number of methoxy groups -OCH3 is 2. The molecule has 1 saturated heterocycles. The molecule has 2 aliphatic rings. The van der Waals surface area contributed by atoms with Crippen molar-refractivity contribution in [3.8, 4) is 11.5 Å². The van der Waals surface area contributed by atoms with Gasteiger partial charge in [-0.1, -0.05) is 25.0 Å². The van der Waals surface area contributed by atoms with Gasteiger partial charge in [0.05, 0.1) is 31.5 Å². The fraction of sp³-hybridized carbons (Fsp3) is 0.429. The Morgan fingerprint density at radius 2 is 1.76 bits per heavy atom. The smallest absolute Gasteiger partial charge is 0.253 e. The molecule has 1 saturated carbocycles. The zero-order valence-corrected chi connectivity index (χ0v) is 21.8. The van der Waals surface area contributed by atoms with Gasteiger partial charge in [-0.05, 0) is 59.0 Å². The first-order chi connectivity index (χ1) is 18.7. The molecule has 1 atom stereocenters. The lowest BCUT2D eigenvalue weighted by Crippen LogP contribution is -2.49. The summed E-state index contributed by atoms with van der Waals surface area (Å²) in [5.74, 6) is 2.31. The highest BCUT2D eigenvalue weighted by Gasteiger charge is 2.35. The third-order valence-corrected chi connectivity index (χ3v) is 7.92. The number of rotatable bonds is 7. The highest BCUT2D eigenvalue weighted by Crippen LogP contribution is 2.35. The van der Waals surface area contributed by atoms with Crippen LogP contribution in [0.3, 0.4) is 0 Å². The molecule has 1 aliphatic carbocycles. The highest BCUT2D eigenvalue weighted by atomic mass is 16.5. The standard InChI is InChI=1S/C28H33N7O3/c1-37-21-12-11-19-17-22(28(36)29-23(19)18-21)26(27-30-31-32-35(27)20-7-3-4-8-20)34-15-13-33(14-16-34)24-9-5-6-10-25(24)38-2/h5-6,9-12,17-18,20,26H,3-4,7-8,13-16H2,1-2H3,(H,29,36)/t26-/m0/s1. The van der Waals surface area contributed by atoms with Gasteiger partial charge in [-0.15, -0.1) is 5.10 Å². The fourth-order valence-electron chi connectivity index (χ4n) is 5.93.